The Hall–Kier alpha value is -1.75. The minimum atomic E-state index is 0.337. The Bertz CT molecular complexity index is 553. The molecule has 25 heavy (non-hydrogen) atoms. The van der Waals surface area contributed by atoms with Crippen molar-refractivity contribution in [1.29, 1.82) is 0 Å². The predicted octanol–water partition coefficient (Wildman–Crippen LogP) is 2.47. The highest BCUT2D eigenvalue weighted by atomic mass is 16.5. The normalized spacial score (nSPS) is 22.1. The zero-order valence-corrected chi connectivity index (χ0v) is 15.6. The van der Waals surface area contributed by atoms with E-state index >= 15 is 0 Å². The number of carbonyl (C=O) groups excluding carboxylic acids is 1. The molecule has 0 N–H and O–H groups in total. The number of piperazine rings is 1. The quantitative estimate of drug-likeness (QED) is 0.821. The molecule has 1 atom stereocenters. The summed E-state index contributed by atoms with van der Waals surface area (Å²) in [6.07, 6.45) is 3.08. The van der Waals surface area contributed by atoms with E-state index in [2.05, 4.69) is 33.8 Å². The van der Waals surface area contributed by atoms with Crippen molar-refractivity contribution in [2.75, 3.05) is 57.8 Å². The molecule has 1 amide bonds. The molecule has 0 radical (unpaired) electrons. The van der Waals surface area contributed by atoms with Gasteiger partial charge in [0.25, 0.3) is 0 Å². The number of nitrogens with zero attached hydrogens (tertiary/aromatic N) is 3. The number of anilines is 1. The fourth-order valence-corrected chi connectivity index (χ4v) is 3.85. The van der Waals surface area contributed by atoms with Crippen molar-refractivity contribution >= 4 is 11.6 Å². The third-order valence-corrected chi connectivity index (χ3v) is 5.46. The molecular formula is C20H31N3O2. The Morgan fingerprint density at radius 2 is 1.84 bits per heavy atom. The summed E-state index contributed by atoms with van der Waals surface area (Å²) >= 11 is 0. The third kappa shape index (κ3) is 4.88. The van der Waals surface area contributed by atoms with Crippen LogP contribution in [0.1, 0.15) is 26.2 Å². The highest BCUT2D eigenvalue weighted by Crippen LogP contribution is 2.21. The molecule has 2 aliphatic heterocycles. The topological polar surface area (TPSA) is 36.0 Å². The zero-order valence-electron chi connectivity index (χ0n) is 15.6. The van der Waals surface area contributed by atoms with E-state index in [0.717, 1.165) is 58.0 Å². The molecule has 1 aromatic carbocycles. The number of hydrogen-bond acceptors (Lipinski definition) is 4. The van der Waals surface area contributed by atoms with E-state index < -0.39 is 0 Å². The molecule has 2 saturated heterocycles. The number of methoxy groups -OCH3 is 1. The molecule has 0 aromatic heterocycles. The fraction of sp³-hybridized carbons (Fsp3) is 0.650. The average Bonchev–Trinajstić information content (AvgIpc) is 2.66. The van der Waals surface area contributed by atoms with Crippen LogP contribution in [0.15, 0.2) is 24.3 Å². The molecule has 5 heteroatoms. The van der Waals surface area contributed by atoms with E-state index in [1.54, 1.807) is 7.11 Å². The smallest absolute Gasteiger partial charge is 0.223 e. The summed E-state index contributed by atoms with van der Waals surface area (Å²) in [5.74, 6) is 1.89. The highest BCUT2D eigenvalue weighted by molar-refractivity contribution is 5.76. The lowest BCUT2D eigenvalue weighted by Gasteiger charge is -2.36. The van der Waals surface area contributed by atoms with Gasteiger partial charge in [0.15, 0.2) is 0 Å². The van der Waals surface area contributed by atoms with E-state index in [9.17, 15) is 4.79 Å². The van der Waals surface area contributed by atoms with Crippen molar-refractivity contribution in [3.63, 3.8) is 0 Å². The second-order valence-electron chi connectivity index (χ2n) is 7.36. The second-order valence-corrected chi connectivity index (χ2v) is 7.36. The van der Waals surface area contributed by atoms with Crippen LogP contribution in [0.25, 0.3) is 0 Å². The molecule has 0 spiro atoms. The zero-order chi connectivity index (χ0) is 17.6. The first-order valence-corrected chi connectivity index (χ1v) is 9.55. The molecular weight excluding hydrogens is 314 g/mol. The number of rotatable bonds is 5. The lowest BCUT2D eigenvalue weighted by molar-refractivity contribution is -0.133. The van der Waals surface area contributed by atoms with Gasteiger partial charge in [0.1, 0.15) is 5.75 Å². The minimum Gasteiger partial charge on any atom is -0.497 e. The first kappa shape index (κ1) is 18.1. The third-order valence-electron chi connectivity index (χ3n) is 5.46. The van der Waals surface area contributed by atoms with Crippen LogP contribution in [0.3, 0.4) is 0 Å². The van der Waals surface area contributed by atoms with E-state index in [1.807, 2.05) is 12.1 Å². The van der Waals surface area contributed by atoms with Gasteiger partial charge in [-0.2, -0.15) is 0 Å². The van der Waals surface area contributed by atoms with E-state index in [1.165, 1.54) is 12.1 Å². The van der Waals surface area contributed by atoms with Crippen LogP contribution in [-0.2, 0) is 4.79 Å². The van der Waals surface area contributed by atoms with Crippen molar-refractivity contribution in [2.24, 2.45) is 5.92 Å². The van der Waals surface area contributed by atoms with E-state index in [4.69, 9.17) is 4.74 Å². The van der Waals surface area contributed by atoms with Crippen molar-refractivity contribution in [3.05, 3.63) is 24.3 Å². The Labute approximate surface area is 151 Å². The average molecular weight is 345 g/mol. The van der Waals surface area contributed by atoms with Gasteiger partial charge < -0.3 is 14.5 Å². The van der Waals surface area contributed by atoms with Gasteiger partial charge in [-0.25, -0.2) is 0 Å². The maximum absolute atomic E-state index is 12.4. The number of benzene rings is 1. The maximum atomic E-state index is 12.4. The summed E-state index contributed by atoms with van der Waals surface area (Å²) in [7, 11) is 1.69. The van der Waals surface area contributed by atoms with Gasteiger partial charge in [0.05, 0.1) is 7.11 Å². The summed E-state index contributed by atoms with van der Waals surface area (Å²) in [5.41, 5.74) is 1.25. The molecule has 1 unspecified atom stereocenters. The SMILES string of the molecule is COc1ccc(N2CCN(CCC(=O)N3CCCC(C)C3)CC2)cc1. The monoisotopic (exact) mass is 345 g/mol. The van der Waals surface area contributed by atoms with Gasteiger partial charge in [0, 0.05) is 57.9 Å². The summed E-state index contributed by atoms with van der Waals surface area (Å²) in [5, 5.41) is 0. The van der Waals surface area contributed by atoms with Crippen LogP contribution >= 0.6 is 0 Å². The molecule has 2 fully saturated rings. The maximum Gasteiger partial charge on any atom is 0.223 e. The van der Waals surface area contributed by atoms with Crippen molar-refractivity contribution in [1.82, 2.24) is 9.80 Å². The Morgan fingerprint density at radius 1 is 1.12 bits per heavy atom. The molecule has 5 nitrogen and oxygen atoms in total. The fourth-order valence-electron chi connectivity index (χ4n) is 3.85. The van der Waals surface area contributed by atoms with E-state index in [-0.39, 0.29) is 0 Å². The minimum absolute atomic E-state index is 0.337. The van der Waals surface area contributed by atoms with Crippen LogP contribution in [-0.4, -0.2) is 68.6 Å². The Kier molecular flexibility index (Phi) is 6.19. The lowest BCUT2D eigenvalue weighted by atomic mass is 10.00. The predicted molar refractivity (Wildman–Crippen MR) is 101 cm³/mol. The standard InChI is InChI=1S/C20H31N3O2/c1-17-4-3-10-23(16-17)20(24)9-11-21-12-14-22(15-13-21)18-5-7-19(25-2)8-6-18/h5-8,17H,3-4,9-16H2,1-2H3. The highest BCUT2D eigenvalue weighted by Gasteiger charge is 2.22. The van der Waals surface area contributed by atoms with Crippen LogP contribution in [0.5, 0.6) is 5.75 Å². The molecule has 0 bridgehead atoms. The number of carbonyl (C=O) groups is 1. The summed E-state index contributed by atoms with van der Waals surface area (Å²) in [4.78, 5) is 19.3. The first-order chi connectivity index (χ1) is 12.2. The summed E-state index contributed by atoms with van der Waals surface area (Å²) in [6.45, 7) is 9.12. The lowest BCUT2D eigenvalue weighted by Crippen LogP contribution is -2.47. The van der Waals surface area contributed by atoms with Gasteiger partial charge in [-0.05, 0) is 43.0 Å². The number of piperidine rings is 1. The van der Waals surface area contributed by atoms with Crippen LogP contribution in [0, 0.1) is 5.92 Å². The van der Waals surface area contributed by atoms with Crippen molar-refractivity contribution < 1.29 is 9.53 Å². The Morgan fingerprint density at radius 3 is 2.48 bits per heavy atom. The molecule has 1 aromatic rings. The largest absolute Gasteiger partial charge is 0.497 e. The van der Waals surface area contributed by atoms with Crippen LogP contribution < -0.4 is 9.64 Å². The number of hydrogen-bond donors (Lipinski definition) is 0. The molecule has 0 saturated carbocycles. The van der Waals surface area contributed by atoms with Gasteiger partial charge in [-0.1, -0.05) is 6.92 Å². The van der Waals surface area contributed by atoms with Gasteiger partial charge >= 0.3 is 0 Å². The number of amides is 1. The molecule has 2 aliphatic rings. The van der Waals surface area contributed by atoms with Crippen LogP contribution in [0.2, 0.25) is 0 Å². The molecule has 3 rings (SSSR count). The number of ether oxygens (including phenoxy) is 1. The van der Waals surface area contributed by atoms with Gasteiger partial charge in [-0.15, -0.1) is 0 Å². The van der Waals surface area contributed by atoms with E-state index in [0.29, 0.717) is 18.2 Å². The van der Waals surface area contributed by atoms with Crippen molar-refractivity contribution in [3.8, 4) is 5.75 Å². The Balaban J connectivity index is 1.40. The summed E-state index contributed by atoms with van der Waals surface area (Å²) in [6, 6.07) is 8.27. The van der Waals surface area contributed by atoms with Crippen LogP contribution in [0.4, 0.5) is 5.69 Å². The first-order valence-electron chi connectivity index (χ1n) is 9.55. The number of likely N-dealkylation sites (tertiary alicyclic amines) is 1. The molecule has 138 valence electrons. The van der Waals surface area contributed by atoms with Gasteiger partial charge in [-0.3, -0.25) is 9.69 Å². The molecule has 2 heterocycles. The summed E-state index contributed by atoms with van der Waals surface area (Å²) < 4.78 is 5.22. The van der Waals surface area contributed by atoms with Gasteiger partial charge in [0.2, 0.25) is 5.91 Å². The van der Waals surface area contributed by atoms with Crippen molar-refractivity contribution in [2.45, 2.75) is 26.2 Å². The molecule has 0 aliphatic carbocycles. The second kappa shape index (κ2) is 8.56.